The lowest BCUT2D eigenvalue weighted by atomic mass is 10.1. The number of nitrogens with one attached hydrogen (secondary N) is 1. The Hall–Kier alpha value is -4.44. The third kappa shape index (κ3) is 7.78. The average molecular weight is 557 g/mol. The fourth-order valence-electron chi connectivity index (χ4n) is 3.44. The van der Waals surface area contributed by atoms with Crippen LogP contribution in [0.3, 0.4) is 0 Å². The summed E-state index contributed by atoms with van der Waals surface area (Å²) in [7, 11) is 4.38. The Morgan fingerprint density at radius 3 is 2.18 bits per heavy atom. The Kier molecular flexibility index (Phi) is 10.4. The molecule has 0 aromatic heterocycles. The lowest BCUT2D eigenvalue weighted by Gasteiger charge is -2.15. The summed E-state index contributed by atoms with van der Waals surface area (Å²) in [5, 5.41) is 4.54. The zero-order valence-electron chi connectivity index (χ0n) is 22.2. The number of amides is 1. The topological polar surface area (TPSA) is 114 Å². The highest BCUT2D eigenvalue weighted by molar-refractivity contribution is 6.30. The zero-order chi connectivity index (χ0) is 28.4. The molecule has 1 amide bonds. The van der Waals surface area contributed by atoms with Gasteiger partial charge < -0.3 is 28.4 Å². The summed E-state index contributed by atoms with van der Waals surface area (Å²) < 4.78 is 32.6. The molecule has 0 unspecified atom stereocenters. The highest BCUT2D eigenvalue weighted by Gasteiger charge is 2.20. The first-order valence-corrected chi connectivity index (χ1v) is 12.2. The van der Waals surface area contributed by atoms with Crippen molar-refractivity contribution in [1.29, 1.82) is 0 Å². The van der Waals surface area contributed by atoms with Crippen molar-refractivity contribution in [3.63, 3.8) is 0 Å². The van der Waals surface area contributed by atoms with Crippen LogP contribution in [0, 0.1) is 6.92 Å². The van der Waals surface area contributed by atoms with Crippen LogP contribution in [0.5, 0.6) is 34.5 Å². The monoisotopic (exact) mass is 556 g/mol. The summed E-state index contributed by atoms with van der Waals surface area (Å²) in [6, 6.07) is 13.0. The highest BCUT2D eigenvalue weighted by Crippen LogP contribution is 2.39. The maximum atomic E-state index is 12.9. The minimum absolute atomic E-state index is 0.191. The average Bonchev–Trinajstić information content (AvgIpc) is 2.93. The molecular formula is C28H29ClN2O8. The lowest BCUT2D eigenvalue weighted by molar-refractivity contribution is -0.123. The number of methoxy groups -OCH3 is 3. The summed E-state index contributed by atoms with van der Waals surface area (Å²) in [5.41, 5.74) is 4.00. The van der Waals surface area contributed by atoms with Gasteiger partial charge in [-0.2, -0.15) is 5.10 Å². The first kappa shape index (κ1) is 29.1. The van der Waals surface area contributed by atoms with Crippen molar-refractivity contribution in [3.8, 4) is 34.5 Å². The Labute approximate surface area is 231 Å². The predicted molar refractivity (Wildman–Crippen MR) is 146 cm³/mol. The van der Waals surface area contributed by atoms with Gasteiger partial charge in [0.2, 0.25) is 5.75 Å². The van der Waals surface area contributed by atoms with Gasteiger partial charge in [-0.3, -0.25) is 4.79 Å². The zero-order valence-corrected chi connectivity index (χ0v) is 23.0. The number of hydrogen-bond acceptors (Lipinski definition) is 9. The number of nitrogens with zero attached hydrogens (tertiary/aromatic N) is 1. The minimum atomic E-state index is -0.653. The minimum Gasteiger partial charge on any atom is -0.493 e. The molecule has 10 nitrogen and oxygen atoms in total. The molecule has 0 saturated heterocycles. The third-order valence-electron chi connectivity index (χ3n) is 5.27. The Balaban J connectivity index is 1.67. The molecule has 3 aromatic rings. The van der Waals surface area contributed by atoms with Gasteiger partial charge in [0.1, 0.15) is 5.75 Å². The van der Waals surface area contributed by atoms with Crippen LogP contribution in [0.15, 0.2) is 53.6 Å². The van der Waals surface area contributed by atoms with Gasteiger partial charge in [0, 0.05) is 5.02 Å². The third-order valence-corrected chi connectivity index (χ3v) is 5.50. The molecule has 0 radical (unpaired) electrons. The van der Waals surface area contributed by atoms with Crippen LogP contribution in [-0.2, 0) is 4.79 Å². The second-order valence-corrected chi connectivity index (χ2v) is 8.37. The van der Waals surface area contributed by atoms with Gasteiger partial charge in [-0.05, 0) is 73.5 Å². The van der Waals surface area contributed by atoms with Gasteiger partial charge in [0.15, 0.2) is 29.6 Å². The molecule has 0 spiro atoms. The molecule has 0 aliphatic heterocycles. The van der Waals surface area contributed by atoms with E-state index in [1.165, 1.54) is 39.7 Å². The van der Waals surface area contributed by atoms with E-state index < -0.39 is 11.9 Å². The van der Waals surface area contributed by atoms with Crippen LogP contribution in [-0.4, -0.2) is 52.6 Å². The second kappa shape index (κ2) is 13.9. The van der Waals surface area contributed by atoms with Gasteiger partial charge in [-0.15, -0.1) is 0 Å². The van der Waals surface area contributed by atoms with Gasteiger partial charge in [-0.1, -0.05) is 11.6 Å². The van der Waals surface area contributed by atoms with Crippen LogP contribution < -0.4 is 33.8 Å². The van der Waals surface area contributed by atoms with E-state index in [1.807, 2.05) is 6.92 Å². The maximum absolute atomic E-state index is 12.9. The van der Waals surface area contributed by atoms with Crippen LogP contribution >= 0.6 is 11.6 Å². The highest BCUT2D eigenvalue weighted by atomic mass is 35.5. The number of carbonyl (C=O) groups excluding carboxylic acids is 2. The van der Waals surface area contributed by atoms with Crippen molar-refractivity contribution in [2.75, 3.05) is 34.5 Å². The molecule has 0 heterocycles. The van der Waals surface area contributed by atoms with E-state index in [1.54, 1.807) is 43.3 Å². The SMILES string of the molecule is CCOc1cc(C=NNC(=O)COc2ccc(Cl)cc2C)ccc1OC(=O)c1cc(OC)c(OC)c(OC)c1. The molecule has 0 bridgehead atoms. The van der Waals surface area contributed by atoms with Crippen LogP contribution in [0.1, 0.15) is 28.4 Å². The smallest absolute Gasteiger partial charge is 0.343 e. The molecule has 0 fully saturated rings. The molecule has 0 saturated carbocycles. The number of carbonyl (C=O) groups is 2. The van der Waals surface area contributed by atoms with Crippen molar-refractivity contribution < 1.29 is 38.0 Å². The maximum Gasteiger partial charge on any atom is 0.343 e. The Bertz CT molecular complexity index is 1330. The van der Waals surface area contributed by atoms with E-state index >= 15 is 0 Å². The van der Waals surface area contributed by atoms with Crippen molar-refractivity contribution in [2.24, 2.45) is 5.10 Å². The number of hydrogen-bond donors (Lipinski definition) is 1. The molecule has 0 atom stereocenters. The van der Waals surface area contributed by atoms with Crippen molar-refractivity contribution in [3.05, 3.63) is 70.2 Å². The number of hydrazone groups is 1. The summed E-state index contributed by atoms with van der Waals surface area (Å²) in [6.45, 7) is 3.74. The molecule has 3 aromatic carbocycles. The Morgan fingerprint density at radius 1 is 0.872 bits per heavy atom. The molecule has 3 rings (SSSR count). The molecular weight excluding hydrogens is 528 g/mol. The van der Waals surface area contributed by atoms with Gasteiger partial charge in [-0.25, -0.2) is 10.2 Å². The van der Waals surface area contributed by atoms with Crippen molar-refractivity contribution in [2.45, 2.75) is 13.8 Å². The molecule has 11 heteroatoms. The Morgan fingerprint density at radius 2 is 1.56 bits per heavy atom. The quantitative estimate of drug-likeness (QED) is 0.146. The number of benzene rings is 3. The fourth-order valence-corrected chi connectivity index (χ4v) is 3.67. The first-order valence-electron chi connectivity index (χ1n) is 11.8. The van der Waals surface area contributed by atoms with Gasteiger partial charge >= 0.3 is 5.97 Å². The van der Waals surface area contributed by atoms with E-state index in [2.05, 4.69) is 10.5 Å². The molecule has 206 valence electrons. The number of rotatable bonds is 12. The summed E-state index contributed by atoms with van der Waals surface area (Å²) in [5.74, 6) is 0.956. The normalized spacial score (nSPS) is 10.6. The summed E-state index contributed by atoms with van der Waals surface area (Å²) in [4.78, 5) is 25.0. The summed E-state index contributed by atoms with van der Waals surface area (Å²) in [6.07, 6.45) is 1.43. The van der Waals surface area contributed by atoms with Gasteiger partial charge in [0.25, 0.3) is 5.91 Å². The number of halogens is 1. The predicted octanol–water partition coefficient (Wildman–Crippen LogP) is 4.82. The van der Waals surface area contributed by atoms with E-state index in [4.69, 9.17) is 40.0 Å². The molecule has 1 N–H and O–H groups in total. The van der Waals surface area contributed by atoms with E-state index in [9.17, 15) is 9.59 Å². The number of esters is 1. The number of ether oxygens (including phenoxy) is 6. The molecule has 39 heavy (non-hydrogen) atoms. The van der Waals surface area contributed by atoms with Crippen LogP contribution in [0.4, 0.5) is 0 Å². The standard InChI is InChI=1S/C28H29ClN2O8/c1-6-37-23-12-18(15-30-31-26(32)16-38-21-10-8-20(29)11-17(21)2)7-9-22(23)39-28(33)19-13-24(34-3)27(36-5)25(14-19)35-4/h7-15H,6,16H2,1-5H3,(H,31,32). The van der Waals surface area contributed by atoms with E-state index in [-0.39, 0.29) is 17.9 Å². The fraction of sp³-hybridized carbons (Fsp3) is 0.250. The number of aryl methyl sites for hydroxylation is 1. The van der Waals surface area contributed by atoms with Crippen molar-refractivity contribution >= 4 is 29.7 Å². The molecule has 0 aliphatic carbocycles. The van der Waals surface area contributed by atoms with Crippen molar-refractivity contribution in [1.82, 2.24) is 5.43 Å². The lowest BCUT2D eigenvalue weighted by Crippen LogP contribution is -2.24. The van der Waals surface area contributed by atoms with E-state index in [0.29, 0.717) is 45.9 Å². The molecule has 0 aliphatic rings. The van der Waals surface area contributed by atoms with Crippen LogP contribution in [0.25, 0.3) is 0 Å². The van der Waals surface area contributed by atoms with Gasteiger partial charge in [0.05, 0.1) is 39.7 Å². The van der Waals surface area contributed by atoms with E-state index in [0.717, 1.165) is 5.56 Å². The largest absolute Gasteiger partial charge is 0.493 e. The van der Waals surface area contributed by atoms with Crippen LogP contribution in [0.2, 0.25) is 5.02 Å². The second-order valence-electron chi connectivity index (χ2n) is 7.93. The summed E-state index contributed by atoms with van der Waals surface area (Å²) >= 11 is 5.93. The first-order chi connectivity index (χ1) is 18.8.